The van der Waals surface area contributed by atoms with Crippen molar-refractivity contribution in [2.24, 2.45) is 0 Å². The lowest BCUT2D eigenvalue weighted by Gasteiger charge is -2.16. The van der Waals surface area contributed by atoms with Crippen molar-refractivity contribution < 1.29 is 4.42 Å². The molecule has 108 valence electrons. The third-order valence-corrected chi connectivity index (χ3v) is 4.44. The van der Waals surface area contributed by atoms with Gasteiger partial charge in [0.25, 0.3) is 0 Å². The Balaban J connectivity index is 1.87. The van der Waals surface area contributed by atoms with Crippen molar-refractivity contribution in [3.05, 3.63) is 59.5 Å². The van der Waals surface area contributed by atoms with Crippen LogP contribution in [0.2, 0.25) is 0 Å². The van der Waals surface area contributed by atoms with Gasteiger partial charge in [0.15, 0.2) is 0 Å². The SMILES string of the molecule is CCCc1ccc(C(CSCc2ccco2)NC)cc1. The fourth-order valence-corrected chi connectivity index (χ4v) is 3.30. The maximum absolute atomic E-state index is 5.36. The number of hydrogen-bond acceptors (Lipinski definition) is 3. The summed E-state index contributed by atoms with van der Waals surface area (Å²) in [7, 11) is 2.03. The Hall–Kier alpha value is -1.19. The average Bonchev–Trinajstić information content (AvgIpc) is 2.98. The van der Waals surface area contributed by atoms with E-state index in [4.69, 9.17) is 4.42 Å². The fourth-order valence-electron chi connectivity index (χ4n) is 2.22. The van der Waals surface area contributed by atoms with Gasteiger partial charge >= 0.3 is 0 Å². The summed E-state index contributed by atoms with van der Waals surface area (Å²) in [6, 6.07) is 13.4. The zero-order valence-electron chi connectivity index (χ0n) is 12.3. The first-order chi connectivity index (χ1) is 9.83. The highest BCUT2D eigenvalue weighted by Crippen LogP contribution is 2.22. The van der Waals surface area contributed by atoms with E-state index >= 15 is 0 Å². The second-order valence-electron chi connectivity index (χ2n) is 4.93. The molecule has 1 unspecified atom stereocenters. The third-order valence-electron chi connectivity index (χ3n) is 3.38. The highest BCUT2D eigenvalue weighted by molar-refractivity contribution is 7.98. The molecule has 0 aliphatic carbocycles. The summed E-state index contributed by atoms with van der Waals surface area (Å²) in [6.45, 7) is 2.22. The number of furan rings is 1. The molecule has 0 saturated heterocycles. The molecule has 2 nitrogen and oxygen atoms in total. The predicted octanol–water partition coefficient (Wildman–Crippen LogP) is 4.43. The molecule has 0 aliphatic rings. The molecule has 1 atom stereocenters. The summed E-state index contributed by atoms with van der Waals surface area (Å²) in [6.07, 6.45) is 4.10. The van der Waals surface area contributed by atoms with Crippen LogP contribution in [0.15, 0.2) is 47.1 Å². The van der Waals surface area contributed by atoms with E-state index < -0.39 is 0 Å². The van der Waals surface area contributed by atoms with Crippen molar-refractivity contribution in [1.29, 1.82) is 0 Å². The largest absolute Gasteiger partial charge is 0.468 e. The molecule has 0 bridgehead atoms. The molecule has 0 amide bonds. The number of thioether (sulfide) groups is 1. The maximum Gasteiger partial charge on any atom is 0.113 e. The molecular formula is C17H23NOS. The molecule has 1 N–H and O–H groups in total. The highest BCUT2D eigenvalue weighted by atomic mass is 32.2. The Kier molecular flexibility index (Phi) is 6.22. The van der Waals surface area contributed by atoms with Crippen LogP contribution in [0.4, 0.5) is 0 Å². The molecule has 1 aromatic carbocycles. The van der Waals surface area contributed by atoms with Crippen molar-refractivity contribution >= 4 is 11.8 Å². The molecular weight excluding hydrogens is 266 g/mol. The molecule has 1 aromatic heterocycles. The first-order valence-corrected chi connectivity index (χ1v) is 8.35. The van der Waals surface area contributed by atoms with Gasteiger partial charge in [-0.15, -0.1) is 0 Å². The summed E-state index contributed by atoms with van der Waals surface area (Å²) in [4.78, 5) is 0. The van der Waals surface area contributed by atoms with E-state index in [-0.39, 0.29) is 0 Å². The van der Waals surface area contributed by atoms with Gasteiger partial charge < -0.3 is 9.73 Å². The molecule has 20 heavy (non-hydrogen) atoms. The summed E-state index contributed by atoms with van der Waals surface area (Å²) in [5.41, 5.74) is 2.79. The Morgan fingerprint density at radius 1 is 1.20 bits per heavy atom. The molecule has 3 heteroatoms. The number of hydrogen-bond donors (Lipinski definition) is 1. The van der Waals surface area contributed by atoms with Crippen LogP contribution in [0.1, 0.15) is 36.3 Å². The van der Waals surface area contributed by atoms with Crippen molar-refractivity contribution in [3.8, 4) is 0 Å². The van der Waals surface area contributed by atoms with E-state index in [0.717, 1.165) is 23.7 Å². The van der Waals surface area contributed by atoms with E-state index in [1.54, 1.807) is 6.26 Å². The van der Waals surface area contributed by atoms with Crippen LogP contribution in [-0.2, 0) is 12.2 Å². The van der Waals surface area contributed by atoms with Crippen LogP contribution in [0, 0.1) is 0 Å². The Morgan fingerprint density at radius 2 is 2.00 bits per heavy atom. The third kappa shape index (κ3) is 4.43. The van der Waals surface area contributed by atoms with Crippen LogP contribution >= 0.6 is 11.8 Å². The van der Waals surface area contributed by atoms with E-state index in [9.17, 15) is 0 Å². The van der Waals surface area contributed by atoms with E-state index in [2.05, 4.69) is 36.5 Å². The van der Waals surface area contributed by atoms with Gasteiger partial charge in [0.05, 0.1) is 12.0 Å². The molecule has 2 aromatic rings. The summed E-state index contributed by atoms with van der Waals surface area (Å²) >= 11 is 1.90. The van der Waals surface area contributed by atoms with Crippen LogP contribution < -0.4 is 5.32 Å². The van der Waals surface area contributed by atoms with Gasteiger partial charge in [-0.05, 0) is 36.7 Å². The smallest absolute Gasteiger partial charge is 0.113 e. The van der Waals surface area contributed by atoms with Crippen LogP contribution in [0.5, 0.6) is 0 Å². The standard InChI is InChI=1S/C17H23NOS/c1-3-5-14-7-9-15(10-8-14)17(18-2)13-20-12-16-6-4-11-19-16/h4,6-11,17-18H,3,5,12-13H2,1-2H3. The van der Waals surface area contributed by atoms with Crippen LogP contribution in [0.25, 0.3) is 0 Å². The summed E-state index contributed by atoms with van der Waals surface area (Å²) in [5, 5.41) is 3.40. The predicted molar refractivity (Wildman–Crippen MR) is 87.1 cm³/mol. The van der Waals surface area contributed by atoms with Gasteiger partial charge in [-0.2, -0.15) is 11.8 Å². The lowest BCUT2D eigenvalue weighted by molar-refractivity contribution is 0.530. The second-order valence-corrected chi connectivity index (χ2v) is 5.96. The Labute approximate surface area is 126 Å². The van der Waals surface area contributed by atoms with E-state index in [0.29, 0.717) is 6.04 Å². The lowest BCUT2D eigenvalue weighted by Crippen LogP contribution is -2.18. The minimum atomic E-state index is 0.394. The van der Waals surface area contributed by atoms with Gasteiger partial charge in [-0.3, -0.25) is 0 Å². The number of rotatable bonds is 8. The minimum absolute atomic E-state index is 0.394. The molecule has 0 radical (unpaired) electrons. The van der Waals surface area contributed by atoms with E-state index in [1.807, 2.05) is 30.9 Å². The zero-order chi connectivity index (χ0) is 14.2. The Bertz CT molecular complexity index is 478. The monoisotopic (exact) mass is 289 g/mol. The summed E-state index contributed by atoms with van der Waals surface area (Å²) in [5.74, 6) is 3.02. The van der Waals surface area contributed by atoms with Gasteiger partial charge in [0.1, 0.15) is 5.76 Å². The fraction of sp³-hybridized carbons (Fsp3) is 0.412. The average molecular weight is 289 g/mol. The molecule has 0 saturated carbocycles. The van der Waals surface area contributed by atoms with Crippen molar-refractivity contribution in [2.45, 2.75) is 31.6 Å². The topological polar surface area (TPSA) is 25.2 Å². The second kappa shape index (κ2) is 8.18. The highest BCUT2D eigenvalue weighted by Gasteiger charge is 2.09. The first-order valence-electron chi connectivity index (χ1n) is 7.19. The molecule has 0 spiro atoms. The van der Waals surface area contributed by atoms with Gasteiger partial charge in [0.2, 0.25) is 0 Å². The molecule has 0 aliphatic heterocycles. The quantitative estimate of drug-likeness (QED) is 0.778. The van der Waals surface area contributed by atoms with Gasteiger partial charge in [-0.1, -0.05) is 37.6 Å². The molecule has 0 fully saturated rings. The maximum atomic E-state index is 5.36. The van der Waals surface area contributed by atoms with Gasteiger partial charge in [-0.25, -0.2) is 0 Å². The number of aryl methyl sites for hydroxylation is 1. The van der Waals surface area contributed by atoms with E-state index in [1.165, 1.54) is 17.5 Å². The molecule has 2 rings (SSSR count). The number of benzene rings is 1. The lowest BCUT2D eigenvalue weighted by atomic mass is 10.0. The van der Waals surface area contributed by atoms with Crippen LogP contribution in [0.3, 0.4) is 0 Å². The minimum Gasteiger partial charge on any atom is -0.468 e. The van der Waals surface area contributed by atoms with Crippen LogP contribution in [-0.4, -0.2) is 12.8 Å². The summed E-state index contributed by atoms with van der Waals surface area (Å²) < 4.78 is 5.36. The first kappa shape index (κ1) is 15.2. The van der Waals surface area contributed by atoms with Gasteiger partial charge in [0, 0.05) is 11.8 Å². The van der Waals surface area contributed by atoms with Crippen molar-refractivity contribution in [1.82, 2.24) is 5.32 Å². The molecule has 1 heterocycles. The number of nitrogens with one attached hydrogen (secondary N) is 1. The zero-order valence-corrected chi connectivity index (χ0v) is 13.1. The normalized spacial score (nSPS) is 12.5. The van der Waals surface area contributed by atoms with Crippen molar-refractivity contribution in [3.63, 3.8) is 0 Å². The Morgan fingerprint density at radius 3 is 2.60 bits per heavy atom. The van der Waals surface area contributed by atoms with Crippen molar-refractivity contribution in [2.75, 3.05) is 12.8 Å².